The van der Waals surface area contributed by atoms with E-state index in [1.807, 2.05) is 65.5 Å². The first kappa shape index (κ1) is 23.0. The molecule has 0 spiro atoms. The number of hydrogen-bond donors (Lipinski definition) is 1. The average molecular weight is 444 g/mol. The van der Waals surface area contributed by atoms with Crippen molar-refractivity contribution in [2.75, 3.05) is 46.3 Å². The van der Waals surface area contributed by atoms with Crippen molar-refractivity contribution < 1.29 is 4.79 Å². The van der Waals surface area contributed by atoms with E-state index in [0.29, 0.717) is 13.1 Å². The molecule has 1 amide bonds. The molecule has 0 unspecified atom stereocenters. The summed E-state index contributed by atoms with van der Waals surface area (Å²) >= 11 is 0. The molecule has 0 saturated carbocycles. The molecule has 6 heteroatoms. The van der Waals surface area contributed by atoms with Gasteiger partial charge in [0.25, 0.3) is 0 Å². The van der Waals surface area contributed by atoms with Gasteiger partial charge >= 0.3 is 0 Å². The molecule has 0 radical (unpaired) electrons. The summed E-state index contributed by atoms with van der Waals surface area (Å²) in [5.74, 6) is -0.0665. The molecule has 0 bridgehead atoms. The number of carbonyl (C=O) groups is 1. The van der Waals surface area contributed by atoms with Crippen molar-refractivity contribution in [3.63, 3.8) is 0 Å². The Morgan fingerprint density at radius 2 is 1.70 bits per heavy atom. The largest absolute Gasteiger partial charge is 0.353 e. The molecule has 4 rings (SSSR count). The minimum Gasteiger partial charge on any atom is -0.353 e. The molecule has 2 heterocycles. The summed E-state index contributed by atoms with van der Waals surface area (Å²) in [5.41, 5.74) is 4.04. The molecular weight excluding hydrogens is 410 g/mol. The van der Waals surface area contributed by atoms with Crippen molar-refractivity contribution in [1.82, 2.24) is 24.9 Å². The minimum absolute atomic E-state index is 0.0665. The first-order chi connectivity index (χ1) is 16.2. The van der Waals surface area contributed by atoms with Crippen LogP contribution in [0.1, 0.15) is 17.5 Å². The maximum atomic E-state index is 12.4. The van der Waals surface area contributed by atoms with E-state index in [9.17, 15) is 4.79 Å². The Kier molecular flexibility index (Phi) is 8.06. The lowest BCUT2D eigenvalue weighted by molar-refractivity contribution is -0.116. The Morgan fingerprint density at radius 3 is 2.42 bits per heavy atom. The zero-order valence-corrected chi connectivity index (χ0v) is 19.4. The summed E-state index contributed by atoms with van der Waals surface area (Å²) in [6, 6.07) is 20.4. The highest BCUT2D eigenvalue weighted by Gasteiger charge is 2.13. The van der Waals surface area contributed by atoms with Crippen molar-refractivity contribution in [2.45, 2.75) is 13.0 Å². The molecule has 3 aromatic rings. The highest BCUT2D eigenvalue weighted by Crippen LogP contribution is 2.23. The van der Waals surface area contributed by atoms with Crippen LogP contribution in [0.2, 0.25) is 0 Å². The van der Waals surface area contributed by atoms with E-state index in [0.717, 1.165) is 56.0 Å². The summed E-state index contributed by atoms with van der Waals surface area (Å²) in [7, 11) is 2.17. The number of benzene rings is 2. The van der Waals surface area contributed by atoms with Crippen molar-refractivity contribution in [3.8, 4) is 11.3 Å². The molecule has 0 aliphatic carbocycles. The lowest BCUT2D eigenvalue weighted by Gasteiger charge is -2.32. The van der Waals surface area contributed by atoms with Crippen LogP contribution >= 0.6 is 0 Å². The summed E-state index contributed by atoms with van der Waals surface area (Å²) < 4.78 is 1.94. The second kappa shape index (κ2) is 11.6. The molecule has 1 aliphatic heterocycles. The molecule has 1 saturated heterocycles. The van der Waals surface area contributed by atoms with Gasteiger partial charge in [0.1, 0.15) is 0 Å². The fourth-order valence-corrected chi connectivity index (χ4v) is 4.04. The van der Waals surface area contributed by atoms with Crippen LogP contribution in [0.5, 0.6) is 0 Å². The Balaban J connectivity index is 1.35. The number of amides is 1. The summed E-state index contributed by atoms with van der Waals surface area (Å²) in [6.07, 6.45) is 6.46. The topological polar surface area (TPSA) is 53.4 Å². The monoisotopic (exact) mass is 443 g/mol. The first-order valence-electron chi connectivity index (χ1n) is 11.7. The van der Waals surface area contributed by atoms with Gasteiger partial charge in [-0.1, -0.05) is 60.7 Å². The lowest BCUT2D eigenvalue weighted by Crippen LogP contribution is -2.45. The van der Waals surface area contributed by atoms with Crippen LogP contribution in [0.15, 0.2) is 72.9 Å². The number of nitrogens with zero attached hydrogens (tertiary/aromatic N) is 4. The Morgan fingerprint density at radius 1 is 1.00 bits per heavy atom. The van der Waals surface area contributed by atoms with Crippen molar-refractivity contribution in [1.29, 1.82) is 0 Å². The van der Waals surface area contributed by atoms with Crippen LogP contribution in [-0.4, -0.2) is 71.8 Å². The predicted molar refractivity (Wildman–Crippen MR) is 134 cm³/mol. The Bertz CT molecular complexity index is 1040. The average Bonchev–Trinajstić information content (AvgIpc) is 3.25. The van der Waals surface area contributed by atoms with Gasteiger partial charge in [-0.25, -0.2) is 0 Å². The van der Waals surface area contributed by atoms with E-state index in [1.165, 1.54) is 5.56 Å². The van der Waals surface area contributed by atoms with Gasteiger partial charge in [-0.2, -0.15) is 5.10 Å². The third-order valence-corrected chi connectivity index (χ3v) is 5.99. The van der Waals surface area contributed by atoms with Crippen molar-refractivity contribution in [2.24, 2.45) is 0 Å². The van der Waals surface area contributed by atoms with Gasteiger partial charge in [0, 0.05) is 56.1 Å². The fraction of sp³-hybridized carbons (Fsp3) is 0.333. The van der Waals surface area contributed by atoms with Crippen molar-refractivity contribution in [3.05, 3.63) is 84.1 Å². The van der Waals surface area contributed by atoms with E-state index >= 15 is 0 Å². The molecule has 6 nitrogen and oxygen atoms in total. The number of aromatic nitrogens is 2. The third-order valence-electron chi connectivity index (χ3n) is 5.99. The molecule has 172 valence electrons. The molecule has 1 aliphatic rings. The maximum Gasteiger partial charge on any atom is 0.244 e. The van der Waals surface area contributed by atoms with Gasteiger partial charge in [0.15, 0.2) is 0 Å². The van der Waals surface area contributed by atoms with Gasteiger partial charge in [-0.05, 0) is 31.7 Å². The highest BCUT2D eigenvalue weighted by molar-refractivity contribution is 5.92. The fourth-order valence-electron chi connectivity index (χ4n) is 4.04. The number of carbonyl (C=O) groups excluding carboxylic acids is 1. The normalized spacial score (nSPS) is 15.2. The van der Waals surface area contributed by atoms with Gasteiger partial charge < -0.3 is 15.1 Å². The smallest absolute Gasteiger partial charge is 0.244 e. The lowest BCUT2D eigenvalue weighted by atomic mass is 10.1. The Labute approximate surface area is 196 Å². The number of nitrogens with one attached hydrogen (secondary N) is 1. The number of hydrogen-bond acceptors (Lipinski definition) is 4. The van der Waals surface area contributed by atoms with Crippen molar-refractivity contribution >= 4 is 12.0 Å². The summed E-state index contributed by atoms with van der Waals surface area (Å²) in [6.45, 7) is 6.87. The number of rotatable bonds is 9. The predicted octanol–water partition coefficient (Wildman–Crippen LogP) is 3.37. The molecule has 1 fully saturated rings. The number of likely N-dealkylation sites (N-methyl/N-ethyl adjacent to an activating group) is 1. The molecule has 33 heavy (non-hydrogen) atoms. The van der Waals surface area contributed by atoms with E-state index in [2.05, 4.69) is 34.3 Å². The highest BCUT2D eigenvalue weighted by atomic mass is 16.1. The maximum absolute atomic E-state index is 12.4. The van der Waals surface area contributed by atoms with E-state index < -0.39 is 0 Å². The molecule has 2 aromatic carbocycles. The molecule has 0 atom stereocenters. The first-order valence-corrected chi connectivity index (χ1v) is 11.7. The van der Waals surface area contributed by atoms with Crippen LogP contribution < -0.4 is 5.32 Å². The molecule has 1 N–H and O–H groups in total. The van der Waals surface area contributed by atoms with Crippen LogP contribution in [0, 0.1) is 0 Å². The summed E-state index contributed by atoms with van der Waals surface area (Å²) in [4.78, 5) is 17.2. The Hall–Kier alpha value is -3.22. The summed E-state index contributed by atoms with van der Waals surface area (Å²) in [5, 5.41) is 7.83. The van der Waals surface area contributed by atoms with Gasteiger partial charge in [-0.15, -0.1) is 0 Å². The van der Waals surface area contributed by atoms with Crippen LogP contribution in [0.4, 0.5) is 0 Å². The third kappa shape index (κ3) is 6.88. The quantitative estimate of drug-likeness (QED) is 0.407. The minimum atomic E-state index is -0.0665. The van der Waals surface area contributed by atoms with Crippen LogP contribution in [0.3, 0.4) is 0 Å². The van der Waals surface area contributed by atoms with Crippen LogP contribution in [0.25, 0.3) is 17.3 Å². The van der Waals surface area contributed by atoms with Gasteiger partial charge in [0.2, 0.25) is 5.91 Å². The SMILES string of the molecule is CN1CCN(CCCNC(=O)/C=C/c2cn(Cc3ccccc3)nc2-c2ccccc2)CC1. The number of piperazine rings is 1. The standard InChI is InChI=1S/C27H33N5O/c1-30-17-19-31(20-18-30)16-8-15-28-26(33)14-13-25-22-32(21-23-9-4-2-5-10-23)29-27(25)24-11-6-3-7-12-24/h2-7,9-14,22H,8,15-21H2,1H3,(H,28,33)/b14-13+. The van der Waals surface area contributed by atoms with E-state index in [-0.39, 0.29) is 5.91 Å². The van der Waals surface area contributed by atoms with Gasteiger partial charge in [0.05, 0.1) is 12.2 Å². The second-order valence-corrected chi connectivity index (χ2v) is 8.61. The zero-order chi connectivity index (χ0) is 22.9. The van der Waals surface area contributed by atoms with E-state index in [4.69, 9.17) is 5.10 Å². The zero-order valence-electron chi connectivity index (χ0n) is 19.4. The van der Waals surface area contributed by atoms with E-state index in [1.54, 1.807) is 6.08 Å². The van der Waals surface area contributed by atoms with Crippen LogP contribution in [-0.2, 0) is 11.3 Å². The molecular formula is C27H33N5O. The second-order valence-electron chi connectivity index (χ2n) is 8.61. The van der Waals surface area contributed by atoms with Gasteiger partial charge in [-0.3, -0.25) is 9.48 Å². The molecule has 1 aromatic heterocycles.